The molecule has 5 nitrogen and oxygen atoms in total. The van der Waals surface area contributed by atoms with Crippen LogP contribution in [-0.4, -0.2) is 30.0 Å². The van der Waals surface area contributed by atoms with E-state index in [-0.39, 0.29) is 0 Å². The number of esters is 1. The monoisotopic (exact) mass is 310 g/mol. The van der Waals surface area contributed by atoms with Crippen LogP contribution in [-0.2, 0) is 4.74 Å². The van der Waals surface area contributed by atoms with E-state index in [0.29, 0.717) is 5.56 Å². The van der Waals surface area contributed by atoms with Crippen LogP contribution >= 0.6 is 15.9 Å². The maximum Gasteiger partial charge on any atom is 0.341 e. The number of nitrogens with zero attached hydrogens (tertiary/aromatic N) is 2. The SMILES string of the molecule is COC(=O)c1cnn(-c2ccc(OC)cc2Br)c1. The van der Waals surface area contributed by atoms with Gasteiger partial charge in [0.05, 0.1) is 31.7 Å². The summed E-state index contributed by atoms with van der Waals surface area (Å²) in [5.41, 5.74) is 1.21. The standard InChI is InChI=1S/C12H11BrN2O3/c1-17-9-3-4-11(10(13)5-9)15-7-8(6-14-15)12(16)18-2/h3-7H,1-2H3. The number of hydrogen-bond donors (Lipinski definition) is 0. The number of carbonyl (C=O) groups excluding carboxylic acids is 1. The molecule has 0 radical (unpaired) electrons. The molecular formula is C12H11BrN2O3. The average molecular weight is 311 g/mol. The number of ether oxygens (including phenoxy) is 2. The Bertz CT molecular complexity index is 580. The smallest absolute Gasteiger partial charge is 0.341 e. The van der Waals surface area contributed by atoms with Crippen molar-refractivity contribution < 1.29 is 14.3 Å². The van der Waals surface area contributed by atoms with Crippen LogP contribution in [0.4, 0.5) is 0 Å². The van der Waals surface area contributed by atoms with Crippen LogP contribution in [0.5, 0.6) is 5.75 Å². The summed E-state index contributed by atoms with van der Waals surface area (Å²) in [5.74, 6) is 0.330. The van der Waals surface area contributed by atoms with E-state index in [9.17, 15) is 4.79 Å². The van der Waals surface area contributed by atoms with Crippen LogP contribution < -0.4 is 4.74 Å². The van der Waals surface area contributed by atoms with Crippen molar-refractivity contribution in [3.63, 3.8) is 0 Å². The van der Waals surface area contributed by atoms with Crippen molar-refractivity contribution in [1.29, 1.82) is 0 Å². The van der Waals surface area contributed by atoms with Crippen LogP contribution in [0.25, 0.3) is 5.69 Å². The Balaban J connectivity index is 2.37. The van der Waals surface area contributed by atoms with Gasteiger partial charge in [0, 0.05) is 10.7 Å². The number of halogens is 1. The van der Waals surface area contributed by atoms with Gasteiger partial charge in [0.15, 0.2) is 0 Å². The number of aromatic nitrogens is 2. The second-order valence-electron chi connectivity index (χ2n) is 3.48. The van der Waals surface area contributed by atoms with Gasteiger partial charge in [-0.3, -0.25) is 0 Å². The molecule has 1 aromatic carbocycles. The third-order valence-electron chi connectivity index (χ3n) is 2.41. The Kier molecular flexibility index (Phi) is 3.66. The summed E-state index contributed by atoms with van der Waals surface area (Å²) in [4.78, 5) is 11.3. The molecule has 2 rings (SSSR count). The summed E-state index contributed by atoms with van der Waals surface area (Å²) in [6, 6.07) is 5.49. The molecule has 94 valence electrons. The summed E-state index contributed by atoms with van der Waals surface area (Å²) in [7, 11) is 2.94. The molecule has 1 aromatic heterocycles. The summed E-state index contributed by atoms with van der Waals surface area (Å²) >= 11 is 3.43. The Morgan fingerprint density at radius 2 is 2.17 bits per heavy atom. The second-order valence-corrected chi connectivity index (χ2v) is 4.34. The van der Waals surface area contributed by atoms with Crippen molar-refractivity contribution in [1.82, 2.24) is 9.78 Å². The molecular weight excluding hydrogens is 300 g/mol. The molecule has 0 aliphatic rings. The first-order valence-electron chi connectivity index (χ1n) is 5.12. The molecule has 0 saturated carbocycles. The quantitative estimate of drug-likeness (QED) is 0.817. The average Bonchev–Trinajstić information content (AvgIpc) is 2.87. The van der Waals surface area contributed by atoms with Crippen molar-refractivity contribution in [3.8, 4) is 11.4 Å². The Morgan fingerprint density at radius 1 is 1.39 bits per heavy atom. The minimum atomic E-state index is -0.411. The van der Waals surface area contributed by atoms with Crippen LogP contribution in [0.2, 0.25) is 0 Å². The van der Waals surface area contributed by atoms with Crippen molar-refractivity contribution in [3.05, 3.63) is 40.6 Å². The number of methoxy groups -OCH3 is 2. The minimum absolute atomic E-state index is 0.403. The maximum atomic E-state index is 11.3. The van der Waals surface area contributed by atoms with Crippen molar-refractivity contribution >= 4 is 21.9 Å². The highest BCUT2D eigenvalue weighted by Crippen LogP contribution is 2.25. The molecule has 0 unspecified atom stereocenters. The van der Waals surface area contributed by atoms with Crippen molar-refractivity contribution in [2.45, 2.75) is 0 Å². The van der Waals surface area contributed by atoms with Crippen molar-refractivity contribution in [2.75, 3.05) is 14.2 Å². The highest BCUT2D eigenvalue weighted by molar-refractivity contribution is 9.10. The summed E-state index contributed by atoms with van der Waals surface area (Å²) in [6.07, 6.45) is 3.07. The van der Waals surface area contributed by atoms with E-state index < -0.39 is 5.97 Å². The van der Waals surface area contributed by atoms with Gasteiger partial charge in [0.1, 0.15) is 5.75 Å². The van der Waals surface area contributed by atoms with E-state index in [1.165, 1.54) is 13.3 Å². The van der Waals surface area contributed by atoms with Gasteiger partial charge in [0.25, 0.3) is 0 Å². The van der Waals surface area contributed by atoms with Gasteiger partial charge in [-0.05, 0) is 34.1 Å². The molecule has 0 aliphatic heterocycles. The second kappa shape index (κ2) is 5.22. The van der Waals surface area contributed by atoms with E-state index in [1.807, 2.05) is 18.2 Å². The molecule has 1 heterocycles. The van der Waals surface area contributed by atoms with E-state index in [4.69, 9.17) is 4.74 Å². The van der Waals surface area contributed by atoms with E-state index in [1.54, 1.807) is 18.0 Å². The fourth-order valence-electron chi connectivity index (χ4n) is 1.48. The predicted octanol–water partition coefficient (Wildman–Crippen LogP) is 2.43. The fourth-order valence-corrected chi connectivity index (χ4v) is 2.02. The highest BCUT2D eigenvalue weighted by atomic mass is 79.9. The lowest BCUT2D eigenvalue weighted by Crippen LogP contribution is -2.00. The fraction of sp³-hybridized carbons (Fsp3) is 0.167. The van der Waals surface area contributed by atoms with Gasteiger partial charge in [-0.2, -0.15) is 5.10 Å². The van der Waals surface area contributed by atoms with Gasteiger partial charge in [-0.15, -0.1) is 0 Å². The lowest BCUT2D eigenvalue weighted by Gasteiger charge is -2.06. The lowest BCUT2D eigenvalue weighted by atomic mass is 10.3. The molecule has 0 atom stereocenters. The first-order chi connectivity index (χ1) is 8.65. The third kappa shape index (κ3) is 2.38. The molecule has 18 heavy (non-hydrogen) atoms. The number of benzene rings is 1. The first-order valence-corrected chi connectivity index (χ1v) is 5.92. The van der Waals surface area contributed by atoms with Crippen LogP contribution in [0.1, 0.15) is 10.4 Å². The van der Waals surface area contributed by atoms with Gasteiger partial charge >= 0.3 is 5.97 Å². The molecule has 0 aliphatic carbocycles. The molecule has 0 spiro atoms. The maximum absolute atomic E-state index is 11.3. The molecule has 0 amide bonds. The minimum Gasteiger partial charge on any atom is -0.497 e. The zero-order valence-electron chi connectivity index (χ0n) is 9.88. The molecule has 2 aromatic rings. The van der Waals surface area contributed by atoms with Crippen molar-refractivity contribution in [2.24, 2.45) is 0 Å². The molecule has 0 saturated heterocycles. The molecule has 6 heteroatoms. The molecule has 0 bridgehead atoms. The van der Waals surface area contributed by atoms with Gasteiger partial charge in [-0.25, -0.2) is 9.48 Å². The van der Waals surface area contributed by atoms with E-state index in [2.05, 4.69) is 25.8 Å². The zero-order chi connectivity index (χ0) is 13.1. The lowest BCUT2D eigenvalue weighted by molar-refractivity contribution is 0.0600. The third-order valence-corrected chi connectivity index (χ3v) is 3.04. The molecule has 0 N–H and O–H groups in total. The van der Waals surface area contributed by atoms with Gasteiger partial charge < -0.3 is 9.47 Å². The number of carbonyl (C=O) groups is 1. The highest BCUT2D eigenvalue weighted by Gasteiger charge is 2.11. The van der Waals surface area contributed by atoms with Crippen LogP contribution in [0, 0.1) is 0 Å². The van der Waals surface area contributed by atoms with E-state index >= 15 is 0 Å². The largest absolute Gasteiger partial charge is 0.497 e. The number of hydrogen-bond acceptors (Lipinski definition) is 4. The number of rotatable bonds is 3. The van der Waals surface area contributed by atoms with E-state index in [0.717, 1.165) is 15.9 Å². The summed E-state index contributed by atoms with van der Waals surface area (Å²) in [5, 5.41) is 4.12. The van der Waals surface area contributed by atoms with Crippen LogP contribution in [0.15, 0.2) is 35.1 Å². The van der Waals surface area contributed by atoms with Crippen LogP contribution in [0.3, 0.4) is 0 Å². The Labute approximate surface area is 112 Å². The Hall–Kier alpha value is -1.82. The normalized spacial score (nSPS) is 10.2. The Morgan fingerprint density at radius 3 is 2.78 bits per heavy atom. The van der Waals surface area contributed by atoms with Gasteiger partial charge in [-0.1, -0.05) is 0 Å². The van der Waals surface area contributed by atoms with Gasteiger partial charge in [0.2, 0.25) is 0 Å². The summed E-state index contributed by atoms with van der Waals surface area (Å²) < 4.78 is 12.2. The predicted molar refractivity (Wildman–Crippen MR) is 69.2 cm³/mol. The molecule has 0 fully saturated rings. The first kappa shape index (κ1) is 12.6. The summed E-state index contributed by atoms with van der Waals surface area (Å²) in [6.45, 7) is 0. The zero-order valence-corrected chi connectivity index (χ0v) is 11.5. The topological polar surface area (TPSA) is 53.3 Å².